The van der Waals surface area contributed by atoms with Crippen LogP contribution in [0.1, 0.15) is 12.8 Å². The Kier molecular flexibility index (Phi) is 1.57. The summed E-state index contributed by atoms with van der Waals surface area (Å²) in [7, 11) is 0. The maximum atomic E-state index is 3.22. The maximum Gasteiger partial charge on any atom is 0.0603 e. The van der Waals surface area contributed by atoms with Gasteiger partial charge in [-0.2, -0.15) is 0 Å². The van der Waals surface area contributed by atoms with Crippen molar-refractivity contribution < 1.29 is 0 Å². The fourth-order valence-electron chi connectivity index (χ4n) is 1.47. The first-order valence-corrected chi connectivity index (χ1v) is 3.81. The van der Waals surface area contributed by atoms with Crippen molar-refractivity contribution in [1.29, 1.82) is 0 Å². The van der Waals surface area contributed by atoms with E-state index in [1.807, 2.05) is 0 Å². The number of hydrogen-bond acceptors (Lipinski definition) is 2. The number of fused-ring (bicyclic) bond motifs is 1. The van der Waals surface area contributed by atoms with Gasteiger partial charge in [0, 0.05) is 6.54 Å². The van der Waals surface area contributed by atoms with E-state index in [1.54, 1.807) is 5.57 Å². The van der Waals surface area contributed by atoms with E-state index >= 15 is 0 Å². The van der Waals surface area contributed by atoms with E-state index in [2.05, 4.69) is 29.1 Å². The quantitative estimate of drug-likeness (QED) is 0.480. The normalized spacial score (nSPS) is 31.2. The number of rotatable bonds is 0. The minimum absolute atomic E-state index is 0.475. The highest BCUT2D eigenvalue weighted by Crippen LogP contribution is 2.16. The Labute approximate surface area is 61.0 Å². The molecule has 2 rings (SSSR count). The van der Waals surface area contributed by atoms with Crippen molar-refractivity contribution in [2.75, 3.05) is 6.54 Å². The predicted octanol–water partition coefficient (Wildman–Crippen LogP) is 0.739. The van der Waals surface area contributed by atoms with Crippen molar-refractivity contribution in [3.05, 3.63) is 23.8 Å². The lowest BCUT2D eigenvalue weighted by molar-refractivity contribution is 0.453. The van der Waals surface area contributed by atoms with Gasteiger partial charge in [0.15, 0.2) is 0 Å². The van der Waals surface area contributed by atoms with Crippen LogP contribution in [0.3, 0.4) is 0 Å². The van der Waals surface area contributed by atoms with E-state index in [4.69, 9.17) is 0 Å². The van der Waals surface area contributed by atoms with Gasteiger partial charge in [0.05, 0.1) is 6.04 Å². The highest BCUT2D eigenvalue weighted by atomic mass is 15.4. The molecule has 0 bridgehead atoms. The van der Waals surface area contributed by atoms with Gasteiger partial charge in [0.25, 0.3) is 0 Å². The predicted molar refractivity (Wildman–Crippen MR) is 41.4 cm³/mol. The fourth-order valence-corrected chi connectivity index (χ4v) is 1.47. The highest BCUT2D eigenvalue weighted by Gasteiger charge is 2.15. The third kappa shape index (κ3) is 1.00. The van der Waals surface area contributed by atoms with Crippen molar-refractivity contribution >= 4 is 0 Å². The third-order valence-electron chi connectivity index (χ3n) is 2.04. The molecule has 1 saturated heterocycles. The summed E-state index contributed by atoms with van der Waals surface area (Å²) in [4.78, 5) is 0. The zero-order chi connectivity index (χ0) is 6.81. The topological polar surface area (TPSA) is 24.1 Å². The molecule has 0 aromatic carbocycles. The second-order valence-electron chi connectivity index (χ2n) is 2.74. The van der Waals surface area contributed by atoms with Crippen LogP contribution >= 0.6 is 0 Å². The Morgan fingerprint density at radius 2 is 2.50 bits per heavy atom. The van der Waals surface area contributed by atoms with Gasteiger partial charge in [0.1, 0.15) is 0 Å². The first-order chi connectivity index (χ1) is 4.97. The summed E-state index contributed by atoms with van der Waals surface area (Å²) in [6.45, 7) is 1.07. The Morgan fingerprint density at radius 1 is 1.50 bits per heavy atom. The van der Waals surface area contributed by atoms with Crippen molar-refractivity contribution in [3.8, 4) is 0 Å². The summed E-state index contributed by atoms with van der Waals surface area (Å²) < 4.78 is 0. The van der Waals surface area contributed by atoms with Gasteiger partial charge in [0.2, 0.25) is 0 Å². The van der Waals surface area contributed by atoms with Crippen LogP contribution in [-0.2, 0) is 0 Å². The summed E-state index contributed by atoms with van der Waals surface area (Å²) in [5.74, 6) is 0. The second kappa shape index (κ2) is 2.56. The number of hydrazine groups is 1. The van der Waals surface area contributed by atoms with Crippen molar-refractivity contribution in [3.63, 3.8) is 0 Å². The molecule has 1 aliphatic carbocycles. The highest BCUT2D eigenvalue weighted by molar-refractivity contribution is 5.24. The van der Waals surface area contributed by atoms with Crippen LogP contribution in [0.5, 0.6) is 0 Å². The average Bonchev–Trinajstić information content (AvgIpc) is 2.05. The molecule has 2 aliphatic rings. The lowest BCUT2D eigenvalue weighted by Gasteiger charge is -2.26. The van der Waals surface area contributed by atoms with Crippen LogP contribution in [0.4, 0.5) is 0 Å². The van der Waals surface area contributed by atoms with Gasteiger partial charge in [-0.25, -0.2) is 5.43 Å². The molecule has 1 atom stereocenters. The van der Waals surface area contributed by atoms with Gasteiger partial charge in [-0.3, -0.25) is 5.43 Å². The molecule has 54 valence electrons. The van der Waals surface area contributed by atoms with Crippen LogP contribution < -0.4 is 10.9 Å². The first kappa shape index (κ1) is 6.13. The van der Waals surface area contributed by atoms with Gasteiger partial charge >= 0.3 is 0 Å². The van der Waals surface area contributed by atoms with Crippen molar-refractivity contribution in [1.82, 2.24) is 10.9 Å². The summed E-state index contributed by atoms with van der Waals surface area (Å²) in [5, 5.41) is 0. The van der Waals surface area contributed by atoms with E-state index in [-0.39, 0.29) is 0 Å². The second-order valence-corrected chi connectivity index (χ2v) is 2.74. The van der Waals surface area contributed by atoms with Crippen LogP contribution in [0.2, 0.25) is 0 Å². The van der Waals surface area contributed by atoms with E-state index in [0.717, 1.165) is 13.0 Å². The monoisotopic (exact) mass is 136 g/mol. The molecule has 1 heterocycles. The average molecular weight is 136 g/mol. The zero-order valence-corrected chi connectivity index (χ0v) is 5.93. The molecule has 10 heavy (non-hydrogen) atoms. The first-order valence-electron chi connectivity index (χ1n) is 3.81. The standard InChI is InChI=1S/C8H12N2/c1-2-4-8-7(3-1)5-6-9-10-8/h2-4,8-10H,1,5-6H2. The Morgan fingerprint density at radius 3 is 3.40 bits per heavy atom. The molecular weight excluding hydrogens is 124 g/mol. The molecule has 1 fully saturated rings. The Hall–Kier alpha value is -0.600. The Balaban J connectivity index is 2.13. The van der Waals surface area contributed by atoms with E-state index in [9.17, 15) is 0 Å². The number of allylic oxidation sites excluding steroid dienone is 2. The summed E-state index contributed by atoms with van der Waals surface area (Å²) in [5.41, 5.74) is 7.90. The van der Waals surface area contributed by atoms with Crippen LogP contribution in [-0.4, -0.2) is 12.6 Å². The molecule has 0 spiro atoms. The Bertz CT molecular complexity index is 182. The summed E-state index contributed by atoms with van der Waals surface area (Å²) >= 11 is 0. The molecule has 1 unspecified atom stereocenters. The van der Waals surface area contributed by atoms with E-state index in [0.29, 0.717) is 6.04 Å². The minimum Gasteiger partial charge on any atom is -0.257 e. The lowest BCUT2D eigenvalue weighted by atomic mass is 9.97. The van der Waals surface area contributed by atoms with Crippen molar-refractivity contribution in [2.24, 2.45) is 0 Å². The molecule has 0 saturated carbocycles. The van der Waals surface area contributed by atoms with Gasteiger partial charge in [-0.1, -0.05) is 23.8 Å². The number of hydrogen-bond donors (Lipinski definition) is 2. The lowest BCUT2D eigenvalue weighted by Crippen LogP contribution is -2.46. The molecular formula is C8H12N2. The maximum absolute atomic E-state index is 3.22. The van der Waals surface area contributed by atoms with E-state index in [1.165, 1.54) is 6.42 Å². The van der Waals surface area contributed by atoms with Crippen LogP contribution in [0, 0.1) is 0 Å². The number of nitrogens with one attached hydrogen (secondary N) is 2. The summed E-state index contributed by atoms with van der Waals surface area (Å²) in [6, 6.07) is 0.475. The molecule has 2 N–H and O–H groups in total. The molecule has 0 radical (unpaired) electrons. The van der Waals surface area contributed by atoms with Gasteiger partial charge in [-0.15, -0.1) is 0 Å². The van der Waals surface area contributed by atoms with Gasteiger partial charge < -0.3 is 0 Å². The molecule has 0 aromatic rings. The zero-order valence-electron chi connectivity index (χ0n) is 5.93. The SMILES string of the molecule is C1=CC2NNCCC2=CC1. The largest absolute Gasteiger partial charge is 0.257 e. The van der Waals surface area contributed by atoms with Crippen LogP contribution in [0.15, 0.2) is 23.8 Å². The molecule has 0 aromatic heterocycles. The van der Waals surface area contributed by atoms with Crippen LogP contribution in [0.25, 0.3) is 0 Å². The van der Waals surface area contributed by atoms with Gasteiger partial charge in [-0.05, 0) is 12.8 Å². The molecule has 2 nitrogen and oxygen atoms in total. The smallest absolute Gasteiger partial charge is 0.0603 e. The fraction of sp³-hybridized carbons (Fsp3) is 0.500. The molecule has 2 heteroatoms. The van der Waals surface area contributed by atoms with E-state index < -0.39 is 0 Å². The van der Waals surface area contributed by atoms with Crippen molar-refractivity contribution in [2.45, 2.75) is 18.9 Å². The minimum atomic E-state index is 0.475. The molecule has 1 aliphatic heterocycles. The third-order valence-corrected chi connectivity index (χ3v) is 2.04. The molecule has 0 amide bonds. The summed E-state index contributed by atoms with van der Waals surface area (Å²) in [6.07, 6.45) is 9.06.